The number of H-pyrrole nitrogens is 1. The number of likely N-dealkylation sites (tertiary alicyclic amines) is 1. The molecular formula is C31H38ClN5O3. The average molecular weight is 564 g/mol. The molecule has 0 atom stereocenters. The van der Waals surface area contributed by atoms with Crippen LogP contribution in [0.2, 0.25) is 5.02 Å². The van der Waals surface area contributed by atoms with Crippen LogP contribution in [0.4, 0.5) is 0 Å². The molecule has 0 unspecified atom stereocenters. The minimum atomic E-state index is -0.516. The number of halogens is 1. The van der Waals surface area contributed by atoms with Crippen molar-refractivity contribution in [2.45, 2.75) is 58.4 Å². The van der Waals surface area contributed by atoms with Gasteiger partial charge in [-0.25, -0.2) is 0 Å². The van der Waals surface area contributed by atoms with Gasteiger partial charge in [0.2, 0.25) is 0 Å². The van der Waals surface area contributed by atoms with E-state index in [4.69, 9.17) is 16.3 Å². The van der Waals surface area contributed by atoms with Crippen LogP contribution in [0.25, 0.3) is 16.6 Å². The van der Waals surface area contributed by atoms with E-state index in [9.17, 15) is 9.59 Å². The molecule has 8 nitrogen and oxygen atoms in total. The summed E-state index contributed by atoms with van der Waals surface area (Å²) in [5.74, 6) is 0.290. The van der Waals surface area contributed by atoms with Gasteiger partial charge in [-0.05, 0) is 70.1 Å². The predicted octanol–water partition coefficient (Wildman–Crippen LogP) is 5.38. The number of benzene rings is 1. The zero-order valence-electron chi connectivity index (χ0n) is 23.7. The number of carbonyl (C=O) groups is 2. The monoisotopic (exact) mass is 563 g/mol. The van der Waals surface area contributed by atoms with Crippen molar-refractivity contribution < 1.29 is 14.3 Å². The quantitative estimate of drug-likeness (QED) is 0.403. The van der Waals surface area contributed by atoms with Gasteiger partial charge in [0.1, 0.15) is 12.4 Å². The molecule has 1 saturated heterocycles. The summed E-state index contributed by atoms with van der Waals surface area (Å²) in [4.78, 5) is 39.3. The third-order valence-corrected chi connectivity index (χ3v) is 7.76. The Balaban J connectivity index is 1.41. The fraction of sp³-hybridized carbons (Fsp3) is 0.452. The van der Waals surface area contributed by atoms with E-state index in [1.807, 2.05) is 32.0 Å². The van der Waals surface area contributed by atoms with Crippen LogP contribution in [0, 0.1) is 0 Å². The first kappa shape index (κ1) is 28.2. The van der Waals surface area contributed by atoms with E-state index in [0.29, 0.717) is 35.0 Å². The number of nitrogens with zero attached hydrogens (tertiary/aromatic N) is 3. The minimum absolute atomic E-state index is 0.0725. The normalized spacial score (nSPS) is 17.4. The molecule has 0 aliphatic carbocycles. The molecule has 2 aliphatic rings. The maximum absolute atomic E-state index is 13.8. The second-order valence-corrected chi connectivity index (χ2v) is 12.1. The number of aromatic nitrogens is 2. The Hall–Kier alpha value is -3.36. The molecule has 2 aliphatic heterocycles. The van der Waals surface area contributed by atoms with Crippen LogP contribution >= 0.6 is 11.6 Å². The number of carbonyl (C=O) groups excluding carboxylic acids is 2. The van der Waals surface area contributed by atoms with E-state index in [0.717, 1.165) is 42.0 Å². The Morgan fingerprint density at radius 1 is 1.15 bits per heavy atom. The van der Waals surface area contributed by atoms with E-state index in [1.54, 1.807) is 29.4 Å². The first-order valence-corrected chi connectivity index (χ1v) is 14.5. The average Bonchev–Trinajstić information content (AvgIpc) is 3.25. The van der Waals surface area contributed by atoms with Crippen LogP contribution in [0.1, 0.15) is 68.6 Å². The fourth-order valence-corrected chi connectivity index (χ4v) is 5.82. The number of amides is 2. The van der Waals surface area contributed by atoms with Crippen molar-refractivity contribution in [3.63, 3.8) is 0 Å². The van der Waals surface area contributed by atoms with E-state index < -0.39 is 5.41 Å². The zero-order valence-corrected chi connectivity index (χ0v) is 24.5. The molecule has 4 heterocycles. The molecule has 1 aromatic carbocycles. The maximum atomic E-state index is 13.8. The highest BCUT2D eigenvalue weighted by Gasteiger charge is 2.37. The SMILES string of the molecule is CC(C)NC(=O)C1=CN(C(=O)c2ccc(OCCN3CCCCC3)cc2)CC(C)(C)c2c1[nH]c1cc(Cl)cnc21. The molecule has 5 rings (SSSR count). The lowest BCUT2D eigenvalue weighted by Crippen LogP contribution is -2.37. The van der Waals surface area contributed by atoms with Gasteiger partial charge < -0.3 is 19.9 Å². The Morgan fingerprint density at radius 2 is 1.88 bits per heavy atom. The van der Waals surface area contributed by atoms with Crippen molar-refractivity contribution in [3.8, 4) is 5.75 Å². The van der Waals surface area contributed by atoms with Crippen molar-refractivity contribution in [2.75, 3.05) is 32.8 Å². The Kier molecular flexibility index (Phi) is 8.19. The number of hydrogen-bond acceptors (Lipinski definition) is 5. The van der Waals surface area contributed by atoms with Crippen molar-refractivity contribution in [2.24, 2.45) is 0 Å². The van der Waals surface area contributed by atoms with Crippen LogP contribution in [-0.2, 0) is 10.2 Å². The number of piperidine rings is 1. The number of nitrogens with one attached hydrogen (secondary N) is 2. The molecule has 2 aromatic heterocycles. The standard InChI is InChI=1S/C31H38ClN5O3/c1-20(2)34-29(38)24-18-37(19-31(3,4)26-27(24)35-25-16-22(32)17-33-28(25)26)30(39)21-8-10-23(11-9-21)40-15-14-36-12-6-5-7-13-36/h8-11,16-18,20,35H,5-7,12-15,19H2,1-4H3,(H,34,38). The molecule has 212 valence electrons. The number of hydrogen-bond donors (Lipinski definition) is 2. The number of ether oxygens (including phenoxy) is 1. The van der Waals surface area contributed by atoms with Crippen LogP contribution in [-0.4, -0.2) is 70.4 Å². The molecule has 0 saturated carbocycles. The molecule has 0 bridgehead atoms. The van der Waals surface area contributed by atoms with Crippen molar-refractivity contribution in [1.29, 1.82) is 0 Å². The summed E-state index contributed by atoms with van der Waals surface area (Å²) in [5, 5.41) is 3.49. The van der Waals surface area contributed by atoms with E-state index in [2.05, 4.69) is 34.0 Å². The lowest BCUT2D eigenvalue weighted by atomic mass is 9.82. The van der Waals surface area contributed by atoms with Crippen molar-refractivity contribution >= 4 is 40.0 Å². The lowest BCUT2D eigenvalue weighted by molar-refractivity contribution is -0.116. The van der Waals surface area contributed by atoms with Gasteiger partial charge in [0.05, 0.1) is 27.3 Å². The number of pyridine rings is 1. The van der Waals surface area contributed by atoms with Gasteiger partial charge in [-0.3, -0.25) is 19.5 Å². The van der Waals surface area contributed by atoms with Crippen LogP contribution in [0.3, 0.4) is 0 Å². The second kappa shape index (κ2) is 11.6. The fourth-order valence-electron chi connectivity index (χ4n) is 5.66. The number of fused-ring (bicyclic) bond motifs is 3. The first-order valence-electron chi connectivity index (χ1n) is 14.1. The smallest absolute Gasteiger partial charge is 0.257 e. The minimum Gasteiger partial charge on any atom is -0.492 e. The van der Waals surface area contributed by atoms with Gasteiger partial charge in [0.25, 0.3) is 11.8 Å². The number of rotatable bonds is 7. The summed E-state index contributed by atoms with van der Waals surface area (Å²) in [5.41, 5.74) is 3.43. The Labute approximate surface area is 240 Å². The Morgan fingerprint density at radius 3 is 2.58 bits per heavy atom. The van der Waals surface area contributed by atoms with E-state index in [-0.39, 0.29) is 17.9 Å². The van der Waals surface area contributed by atoms with Gasteiger partial charge >= 0.3 is 0 Å². The third-order valence-electron chi connectivity index (χ3n) is 7.55. The molecule has 40 heavy (non-hydrogen) atoms. The van der Waals surface area contributed by atoms with E-state index in [1.165, 1.54) is 19.3 Å². The molecule has 3 aromatic rings. The number of aromatic amines is 1. The topological polar surface area (TPSA) is 90.6 Å². The molecular weight excluding hydrogens is 526 g/mol. The highest BCUT2D eigenvalue weighted by Crippen LogP contribution is 2.40. The zero-order chi connectivity index (χ0) is 28.4. The summed E-state index contributed by atoms with van der Waals surface area (Å²) < 4.78 is 5.96. The highest BCUT2D eigenvalue weighted by atomic mass is 35.5. The van der Waals surface area contributed by atoms with Gasteiger partial charge in [-0.15, -0.1) is 0 Å². The molecule has 0 radical (unpaired) electrons. The Bertz CT molecular complexity index is 1420. The summed E-state index contributed by atoms with van der Waals surface area (Å²) in [7, 11) is 0. The van der Waals surface area contributed by atoms with Crippen molar-refractivity contribution in [3.05, 3.63) is 64.6 Å². The molecule has 2 N–H and O–H groups in total. The van der Waals surface area contributed by atoms with E-state index >= 15 is 0 Å². The van der Waals surface area contributed by atoms with Crippen LogP contribution < -0.4 is 10.1 Å². The highest BCUT2D eigenvalue weighted by molar-refractivity contribution is 6.31. The van der Waals surface area contributed by atoms with Gasteiger partial charge in [-0.1, -0.05) is 31.9 Å². The van der Waals surface area contributed by atoms with Gasteiger partial charge in [0, 0.05) is 48.1 Å². The summed E-state index contributed by atoms with van der Waals surface area (Å²) in [6.45, 7) is 12.1. The van der Waals surface area contributed by atoms with Crippen LogP contribution in [0.15, 0.2) is 42.7 Å². The maximum Gasteiger partial charge on any atom is 0.257 e. The molecule has 0 spiro atoms. The summed E-state index contributed by atoms with van der Waals surface area (Å²) in [6, 6.07) is 8.99. The van der Waals surface area contributed by atoms with Gasteiger partial charge in [-0.2, -0.15) is 0 Å². The third kappa shape index (κ3) is 6.03. The molecule has 9 heteroatoms. The largest absolute Gasteiger partial charge is 0.492 e. The summed E-state index contributed by atoms with van der Waals surface area (Å²) >= 11 is 6.22. The lowest BCUT2D eigenvalue weighted by Gasteiger charge is -2.29. The molecule has 1 fully saturated rings. The summed E-state index contributed by atoms with van der Waals surface area (Å²) in [6.07, 6.45) is 7.09. The second-order valence-electron chi connectivity index (χ2n) is 11.7. The first-order chi connectivity index (χ1) is 19.1. The predicted molar refractivity (Wildman–Crippen MR) is 159 cm³/mol. The molecule has 2 amide bonds. The van der Waals surface area contributed by atoms with Crippen LogP contribution in [0.5, 0.6) is 5.75 Å². The van der Waals surface area contributed by atoms with Crippen molar-refractivity contribution in [1.82, 2.24) is 25.1 Å². The van der Waals surface area contributed by atoms with Gasteiger partial charge in [0.15, 0.2) is 0 Å².